The molecule has 22 heavy (non-hydrogen) atoms. The molecular weight excluding hydrogens is 268 g/mol. The maximum absolute atomic E-state index is 4.84. The van der Waals surface area contributed by atoms with Gasteiger partial charge in [0.25, 0.3) is 0 Å². The maximum atomic E-state index is 4.84. The standard InChI is InChI=1S/C20H22N2/c1-15-12-13-19(16(2)14-15)22(3)20-11-7-10-18(21-20)17-8-5-4-6-9-17/h4-11,14H,12-13H2,1-3H3. The van der Waals surface area contributed by atoms with Crippen LogP contribution in [-0.2, 0) is 0 Å². The van der Waals surface area contributed by atoms with Gasteiger partial charge in [0.2, 0.25) is 0 Å². The third-order valence-electron chi connectivity index (χ3n) is 4.23. The van der Waals surface area contributed by atoms with Gasteiger partial charge < -0.3 is 4.90 Å². The van der Waals surface area contributed by atoms with Crippen molar-refractivity contribution in [3.05, 3.63) is 71.5 Å². The Balaban J connectivity index is 1.94. The molecule has 0 fully saturated rings. The van der Waals surface area contributed by atoms with Gasteiger partial charge in [-0.2, -0.15) is 0 Å². The van der Waals surface area contributed by atoms with Gasteiger partial charge in [-0.15, -0.1) is 0 Å². The molecule has 0 saturated carbocycles. The molecule has 0 radical (unpaired) electrons. The molecule has 0 bridgehead atoms. The molecule has 3 rings (SSSR count). The first-order chi connectivity index (χ1) is 10.6. The number of benzene rings is 1. The lowest BCUT2D eigenvalue weighted by molar-refractivity contribution is 0.834. The fraction of sp³-hybridized carbons (Fsp3) is 0.250. The van der Waals surface area contributed by atoms with E-state index in [1.54, 1.807) is 0 Å². The molecule has 0 aliphatic heterocycles. The molecule has 1 aromatic carbocycles. The molecule has 1 aromatic heterocycles. The normalized spacial score (nSPS) is 14.8. The van der Waals surface area contributed by atoms with Gasteiger partial charge in [-0.25, -0.2) is 4.98 Å². The predicted octanol–water partition coefficient (Wildman–Crippen LogP) is 5.20. The van der Waals surface area contributed by atoms with Crippen molar-refractivity contribution < 1.29 is 0 Å². The summed E-state index contributed by atoms with van der Waals surface area (Å²) in [7, 11) is 2.12. The van der Waals surface area contributed by atoms with E-state index in [0.29, 0.717) is 0 Å². The van der Waals surface area contributed by atoms with Crippen molar-refractivity contribution in [1.82, 2.24) is 4.98 Å². The first-order valence-electron chi connectivity index (χ1n) is 7.78. The first kappa shape index (κ1) is 14.6. The van der Waals surface area contributed by atoms with Crippen LogP contribution in [0.25, 0.3) is 11.3 Å². The monoisotopic (exact) mass is 290 g/mol. The van der Waals surface area contributed by atoms with Crippen LogP contribution < -0.4 is 4.90 Å². The Morgan fingerprint density at radius 2 is 1.68 bits per heavy atom. The van der Waals surface area contributed by atoms with Crippen LogP contribution in [0.5, 0.6) is 0 Å². The van der Waals surface area contributed by atoms with Crippen molar-refractivity contribution in [1.29, 1.82) is 0 Å². The Hall–Kier alpha value is -2.35. The molecule has 0 amide bonds. The summed E-state index contributed by atoms with van der Waals surface area (Å²) in [6.07, 6.45) is 4.51. The highest BCUT2D eigenvalue weighted by Crippen LogP contribution is 2.29. The molecule has 0 spiro atoms. The van der Waals surface area contributed by atoms with Crippen LogP contribution in [0, 0.1) is 0 Å². The second-order valence-electron chi connectivity index (χ2n) is 5.93. The maximum Gasteiger partial charge on any atom is 0.133 e. The minimum Gasteiger partial charge on any atom is -0.333 e. The second-order valence-corrected chi connectivity index (χ2v) is 5.93. The van der Waals surface area contributed by atoms with Crippen LogP contribution in [-0.4, -0.2) is 12.0 Å². The Bertz CT molecular complexity index is 726. The average Bonchev–Trinajstić information content (AvgIpc) is 2.55. The molecular formula is C20H22N2. The van der Waals surface area contributed by atoms with Crippen LogP contribution >= 0.6 is 0 Å². The van der Waals surface area contributed by atoms with Crippen LogP contribution in [0.1, 0.15) is 26.7 Å². The van der Waals surface area contributed by atoms with Gasteiger partial charge in [-0.3, -0.25) is 0 Å². The van der Waals surface area contributed by atoms with Gasteiger partial charge in [0.05, 0.1) is 5.69 Å². The highest BCUT2D eigenvalue weighted by Gasteiger charge is 2.15. The lowest BCUT2D eigenvalue weighted by atomic mass is 9.98. The Labute approximate surface area is 132 Å². The molecule has 2 heteroatoms. The minimum atomic E-state index is 1.00. The van der Waals surface area contributed by atoms with E-state index >= 15 is 0 Å². The van der Waals surface area contributed by atoms with E-state index in [4.69, 9.17) is 4.98 Å². The highest BCUT2D eigenvalue weighted by atomic mass is 15.2. The molecule has 2 aromatic rings. The first-order valence-corrected chi connectivity index (χ1v) is 7.78. The Morgan fingerprint density at radius 1 is 0.909 bits per heavy atom. The summed E-state index contributed by atoms with van der Waals surface area (Å²) >= 11 is 0. The molecule has 2 nitrogen and oxygen atoms in total. The second kappa shape index (κ2) is 6.18. The number of pyridine rings is 1. The molecule has 1 aliphatic carbocycles. The Morgan fingerprint density at radius 3 is 2.41 bits per heavy atom. The molecule has 0 N–H and O–H groups in total. The largest absolute Gasteiger partial charge is 0.333 e. The lowest BCUT2D eigenvalue weighted by Gasteiger charge is -2.26. The summed E-state index contributed by atoms with van der Waals surface area (Å²) < 4.78 is 0. The van der Waals surface area contributed by atoms with Gasteiger partial charge >= 0.3 is 0 Å². The van der Waals surface area contributed by atoms with Crippen molar-refractivity contribution in [2.45, 2.75) is 26.7 Å². The van der Waals surface area contributed by atoms with E-state index in [2.05, 4.69) is 74.3 Å². The fourth-order valence-corrected chi connectivity index (χ4v) is 2.99. The van der Waals surface area contributed by atoms with Crippen LogP contribution in [0.4, 0.5) is 5.82 Å². The zero-order valence-electron chi connectivity index (χ0n) is 13.5. The van der Waals surface area contributed by atoms with E-state index in [9.17, 15) is 0 Å². The molecule has 0 atom stereocenters. The average molecular weight is 290 g/mol. The number of anilines is 1. The summed E-state index contributed by atoms with van der Waals surface area (Å²) in [4.78, 5) is 7.07. The van der Waals surface area contributed by atoms with Crippen molar-refractivity contribution in [2.75, 3.05) is 11.9 Å². The van der Waals surface area contributed by atoms with Crippen molar-refractivity contribution in [3.63, 3.8) is 0 Å². The summed E-state index contributed by atoms with van der Waals surface area (Å²) in [6, 6.07) is 16.6. The van der Waals surface area contributed by atoms with Crippen molar-refractivity contribution in [3.8, 4) is 11.3 Å². The highest BCUT2D eigenvalue weighted by molar-refractivity contribution is 5.62. The number of rotatable bonds is 3. The molecule has 1 heterocycles. The predicted molar refractivity (Wildman–Crippen MR) is 93.8 cm³/mol. The van der Waals surface area contributed by atoms with Crippen LogP contribution in [0.3, 0.4) is 0 Å². The third kappa shape index (κ3) is 2.96. The molecule has 1 aliphatic rings. The van der Waals surface area contributed by atoms with E-state index in [1.165, 1.54) is 16.8 Å². The van der Waals surface area contributed by atoms with Crippen LogP contribution in [0.2, 0.25) is 0 Å². The lowest BCUT2D eigenvalue weighted by Crippen LogP contribution is -2.20. The molecule has 0 unspecified atom stereocenters. The third-order valence-corrected chi connectivity index (χ3v) is 4.23. The van der Waals surface area contributed by atoms with Gasteiger partial charge in [0, 0.05) is 18.3 Å². The number of hydrogen-bond donors (Lipinski definition) is 0. The number of allylic oxidation sites excluding steroid dienone is 4. The van der Waals surface area contributed by atoms with E-state index in [0.717, 1.165) is 29.9 Å². The van der Waals surface area contributed by atoms with Gasteiger partial charge in [-0.1, -0.05) is 48.0 Å². The fourth-order valence-electron chi connectivity index (χ4n) is 2.99. The summed E-state index contributed by atoms with van der Waals surface area (Å²) in [6.45, 7) is 4.39. The topological polar surface area (TPSA) is 16.1 Å². The minimum absolute atomic E-state index is 1.00. The summed E-state index contributed by atoms with van der Waals surface area (Å²) in [5.41, 5.74) is 6.34. The van der Waals surface area contributed by atoms with Crippen LogP contribution in [0.15, 0.2) is 71.5 Å². The SMILES string of the molecule is CC1=CC(C)=C(N(C)c2cccc(-c3ccccc3)n2)CC1. The number of hydrogen-bond acceptors (Lipinski definition) is 2. The van der Waals surface area contributed by atoms with Gasteiger partial charge in [-0.05, 0) is 44.4 Å². The number of nitrogens with zero attached hydrogens (tertiary/aromatic N) is 2. The van der Waals surface area contributed by atoms with Gasteiger partial charge in [0.1, 0.15) is 5.82 Å². The zero-order chi connectivity index (χ0) is 15.5. The molecule has 112 valence electrons. The number of aromatic nitrogens is 1. The van der Waals surface area contributed by atoms with E-state index in [1.807, 2.05) is 6.07 Å². The quantitative estimate of drug-likeness (QED) is 0.772. The van der Waals surface area contributed by atoms with Gasteiger partial charge in [0.15, 0.2) is 0 Å². The van der Waals surface area contributed by atoms with Crippen molar-refractivity contribution in [2.24, 2.45) is 0 Å². The van der Waals surface area contributed by atoms with Crippen molar-refractivity contribution >= 4 is 5.82 Å². The smallest absolute Gasteiger partial charge is 0.133 e. The summed E-state index contributed by atoms with van der Waals surface area (Å²) in [5.74, 6) is 1.00. The van der Waals surface area contributed by atoms with E-state index in [-0.39, 0.29) is 0 Å². The summed E-state index contributed by atoms with van der Waals surface area (Å²) in [5, 5.41) is 0. The Kier molecular flexibility index (Phi) is 4.10. The molecule has 0 saturated heterocycles. The zero-order valence-corrected chi connectivity index (χ0v) is 13.5. The van der Waals surface area contributed by atoms with E-state index < -0.39 is 0 Å².